The summed E-state index contributed by atoms with van der Waals surface area (Å²) in [6.07, 6.45) is 0. The van der Waals surface area contributed by atoms with E-state index in [2.05, 4.69) is 15.5 Å². The number of phenols is 1. The number of hydrogen-bond donors (Lipinski definition) is 2. The summed E-state index contributed by atoms with van der Waals surface area (Å²) in [4.78, 5) is 11.9. The fourth-order valence-corrected chi connectivity index (χ4v) is 2.68. The van der Waals surface area contributed by atoms with Gasteiger partial charge in [-0.3, -0.25) is 4.79 Å². The summed E-state index contributed by atoms with van der Waals surface area (Å²) < 4.78 is 5.50. The molecule has 24 heavy (non-hydrogen) atoms. The van der Waals surface area contributed by atoms with Crippen molar-refractivity contribution in [1.29, 1.82) is 0 Å². The molecule has 8 heteroatoms. The zero-order valence-corrected chi connectivity index (χ0v) is 13.8. The number of amides is 1. The van der Waals surface area contributed by atoms with Crippen LogP contribution in [-0.4, -0.2) is 27.0 Å². The molecule has 0 bridgehead atoms. The quantitative estimate of drug-likeness (QED) is 0.530. The standard InChI is InChI=1S/C16H12ClN3O3S/c17-11-6-2-1-5-10(11)15-19-20-16(23-15)24-9-14(22)18-12-7-3-4-8-13(12)21/h1-8,21H,9H2,(H,18,22). The van der Waals surface area contributed by atoms with Crippen LogP contribution >= 0.6 is 23.4 Å². The highest BCUT2D eigenvalue weighted by Gasteiger charge is 2.13. The second-order valence-corrected chi connectivity index (χ2v) is 6.04. The van der Waals surface area contributed by atoms with E-state index in [1.165, 1.54) is 6.07 Å². The number of hydrogen-bond acceptors (Lipinski definition) is 6. The highest BCUT2D eigenvalue weighted by molar-refractivity contribution is 7.99. The molecule has 0 aliphatic heterocycles. The lowest BCUT2D eigenvalue weighted by Gasteiger charge is -2.05. The van der Waals surface area contributed by atoms with Crippen LogP contribution in [0.25, 0.3) is 11.5 Å². The number of carbonyl (C=O) groups is 1. The first-order chi connectivity index (χ1) is 11.6. The third-order valence-corrected chi connectivity index (χ3v) is 4.16. The Balaban J connectivity index is 1.61. The molecule has 0 saturated heterocycles. The molecule has 2 aromatic carbocycles. The Bertz CT molecular complexity index is 869. The van der Waals surface area contributed by atoms with Gasteiger partial charge in [0.2, 0.25) is 11.8 Å². The fraction of sp³-hybridized carbons (Fsp3) is 0.0625. The van der Waals surface area contributed by atoms with Crippen LogP contribution < -0.4 is 5.32 Å². The number of anilines is 1. The number of benzene rings is 2. The Kier molecular flexibility index (Phi) is 5.02. The third kappa shape index (κ3) is 3.87. The maximum atomic E-state index is 11.9. The molecule has 1 amide bonds. The highest BCUT2D eigenvalue weighted by atomic mass is 35.5. The summed E-state index contributed by atoms with van der Waals surface area (Å²) >= 11 is 7.18. The van der Waals surface area contributed by atoms with Crippen molar-refractivity contribution in [2.45, 2.75) is 5.22 Å². The van der Waals surface area contributed by atoms with E-state index in [9.17, 15) is 9.90 Å². The molecule has 3 rings (SSSR count). The van der Waals surface area contributed by atoms with Crippen molar-refractivity contribution in [3.8, 4) is 17.2 Å². The zero-order chi connectivity index (χ0) is 16.9. The van der Waals surface area contributed by atoms with Crippen LogP contribution in [-0.2, 0) is 4.79 Å². The van der Waals surface area contributed by atoms with Crippen molar-refractivity contribution in [3.63, 3.8) is 0 Å². The number of carbonyl (C=O) groups excluding carboxylic acids is 1. The van der Waals surface area contributed by atoms with E-state index in [1.807, 2.05) is 6.07 Å². The lowest BCUT2D eigenvalue weighted by molar-refractivity contribution is -0.113. The molecule has 6 nitrogen and oxygen atoms in total. The molecule has 0 atom stereocenters. The van der Waals surface area contributed by atoms with Gasteiger partial charge in [-0.1, -0.05) is 47.6 Å². The molecular weight excluding hydrogens is 350 g/mol. The van der Waals surface area contributed by atoms with E-state index in [0.717, 1.165) is 11.8 Å². The number of rotatable bonds is 5. The van der Waals surface area contributed by atoms with Gasteiger partial charge in [-0.05, 0) is 24.3 Å². The van der Waals surface area contributed by atoms with Gasteiger partial charge in [0, 0.05) is 0 Å². The Morgan fingerprint density at radius 1 is 1.17 bits per heavy atom. The van der Waals surface area contributed by atoms with Gasteiger partial charge in [0.05, 0.1) is 22.0 Å². The first-order valence-electron chi connectivity index (χ1n) is 6.92. The van der Waals surface area contributed by atoms with Gasteiger partial charge < -0.3 is 14.8 Å². The number of halogens is 1. The summed E-state index contributed by atoms with van der Waals surface area (Å²) in [7, 11) is 0. The number of thioether (sulfide) groups is 1. The molecule has 0 saturated carbocycles. The van der Waals surface area contributed by atoms with Gasteiger partial charge in [0.1, 0.15) is 5.75 Å². The second kappa shape index (κ2) is 7.37. The average molecular weight is 362 g/mol. The molecule has 1 aromatic heterocycles. The number of aromatic hydroxyl groups is 1. The first kappa shape index (κ1) is 16.4. The van der Waals surface area contributed by atoms with Gasteiger partial charge in [0.15, 0.2) is 0 Å². The molecule has 3 aromatic rings. The van der Waals surface area contributed by atoms with Crippen molar-refractivity contribution in [1.82, 2.24) is 10.2 Å². The van der Waals surface area contributed by atoms with Crippen LogP contribution in [0.2, 0.25) is 5.02 Å². The summed E-state index contributed by atoms with van der Waals surface area (Å²) in [5.74, 6) is 0.0798. The minimum absolute atomic E-state index is 0.00893. The zero-order valence-electron chi connectivity index (χ0n) is 12.3. The predicted molar refractivity (Wildman–Crippen MR) is 92.2 cm³/mol. The molecular formula is C16H12ClN3O3S. The largest absolute Gasteiger partial charge is 0.506 e. The number of nitrogens with zero attached hydrogens (tertiary/aromatic N) is 2. The lowest BCUT2D eigenvalue weighted by Crippen LogP contribution is -2.14. The van der Waals surface area contributed by atoms with E-state index in [-0.39, 0.29) is 22.6 Å². The van der Waals surface area contributed by atoms with Crippen molar-refractivity contribution < 1.29 is 14.3 Å². The maximum absolute atomic E-state index is 11.9. The van der Waals surface area contributed by atoms with Gasteiger partial charge in [-0.25, -0.2) is 0 Å². The molecule has 0 unspecified atom stereocenters. The average Bonchev–Trinajstić information content (AvgIpc) is 3.04. The number of nitrogens with one attached hydrogen (secondary N) is 1. The van der Waals surface area contributed by atoms with Gasteiger partial charge in [-0.15, -0.1) is 10.2 Å². The summed E-state index contributed by atoms with van der Waals surface area (Å²) in [5.41, 5.74) is 0.988. The molecule has 122 valence electrons. The Hall–Kier alpha value is -2.51. The van der Waals surface area contributed by atoms with Crippen LogP contribution in [0.15, 0.2) is 58.2 Å². The summed E-state index contributed by atoms with van der Waals surface area (Å²) in [5, 5.41) is 20.8. The topological polar surface area (TPSA) is 88.2 Å². The first-order valence-corrected chi connectivity index (χ1v) is 8.29. The van der Waals surface area contributed by atoms with Crippen LogP contribution in [0.4, 0.5) is 5.69 Å². The minimum atomic E-state index is -0.293. The molecule has 2 N–H and O–H groups in total. The van der Waals surface area contributed by atoms with E-state index in [4.69, 9.17) is 16.0 Å². The maximum Gasteiger partial charge on any atom is 0.277 e. The number of para-hydroxylation sites is 2. The highest BCUT2D eigenvalue weighted by Crippen LogP contribution is 2.29. The van der Waals surface area contributed by atoms with Crippen molar-refractivity contribution >= 4 is 35.0 Å². The Labute approximate surface area is 146 Å². The summed E-state index contributed by atoms with van der Waals surface area (Å²) in [6, 6.07) is 13.6. The molecule has 0 spiro atoms. The molecule has 0 fully saturated rings. The van der Waals surface area contributed by atoms with Crippen molar-refractivity contribution in [2.24, 2.45) is 0 Å². The molecule has 0 radical (unpaired) electrons. The van der Waals surface area contributed by atoms with Crippen LogP contribution in [0.3, 0.4) is 0 Å². The molecule has 0 aliphatic rings. The molecule has 0 aliphatic carbocycles. The Morgan fingerprint density at radius 2 is 1.92 bits per heavy atom. The van der Waals surface area contributed by atoms with Crippen molar-refractivity contribution in [2.75, 3.05) is 11.1 Å². The number of phenolic OH excluding ortho intramolecular Hbond substituents is 1. The van der Waals surface area contributed by atoms with E-state index in [1.54, 1.807) is 36.4 Å². The van der Waals surface area contributed by atoms with Crippen LogP contribution in [0.1, 0.15) is 0 Å². The van der Waals surface area contributed by atoms with Gasteiger partial charge in [-0.2, -0.15) is 0 Å². The number of aromatic nitrogens is 2. The minimum Gasteiger partial charge on any atom is -0.506 e. The predicted octanol–water partition coefficient (Wildman–Crippen LogP) is 3.83. The van der Waals surface area contributed by atoms with Crippen LogP contribution in [0, 0.1) is 0 Å². The third-order valence-electron chi connectivity index (χ3n) is 3.02. The van der Waals surface area contributed by atoms with E-state index >= 15 is 0 Å². The second-order valence-electron chi connectivity index (χ2n) is 4.71. The lowest BCUT2D eigenvalue weighted by atomic mass is 10.2. The summed E-state index contributed by atoms with van der Waals surface area (Å²) in [6.45, 7) is 0. The SMILES string of the molecule is O=C(CSc1nnc(-c2ccccc2Cl)o1)Nc1ccccc1O. The molecule has 1 heterocycles. The van der Waals surface area contributed by atoms with E-state index < -0.39 is 0 Å². The monoisotopic (exact) mass is 361 g/mol. The van der Waals surface area contributed by atoms with Crippen LogP contribution in [0.5, 0.6) is 5.75 Å². The van der Waals surface area contributed by atoms with E-state index in [0.29, 0.717) is 22.2 Å². The van der Waals surface area contributed by atoms with Gasteiger partial charge >= 0.3 is 0 Å². The smallest absolute Gasteiger partial charge is 0.277 e. The Morgan fingerprint density at radius 3 is 2.71 bits per heavy atom. The fourth-order valence-electron chi connectivity index (χ4n) is 1.90. The van der Waals surface area contributed by atoms with Crippen molar-refractivity contribution in [3.05, 3.63) is 53.6 Å². The van der Waals surface area contributed by atoms with Gasteiger partial charge in [0.25, 0.3) is 5.22 Å². The normalized spacial score (nSPS) is 10.5.